The van der Waals surface area contributed by atoms with Gasteiger partial charge in [-0.1, -0.05) is 21.1 Å². The van der Waals surface area contributed by atoms with Gasteiger partial charge in [0.1, 0.15) is 0 Å². The van der Waals surface area contributed by atoms with Gasteiger partial charge in [-0.2, -0.15) is 9.29 Å². The average Bonchev–Trinajstić information content (AvgIpc) is 3.19. The monoisotopic (exact) mass is 448 g/mol. The molecule has 7 nitrogen and oxygen atoms in total. The maximum absolute atomic E-state index is 12.9. The molecule has 0 bridgehead atoms. The van der Waals surface area contributed by atoms with Gasteiger partial charge < -0.3 is 4.52 Å². The van der Waals surface area contributed by atoms with Gasteiger partial charge in [-0.25, -0.2) is 8.42 Å². The Kier molecular flexibility index (Phi) is 5.07. The van der Waals surface area contributed by atoms with Crippen LogP contribution in [0.1, 0.15) is 24.7 Å². The summed E-state index contributed by atoms with van der Waals surface area (Å²) in [6.07, 6.45) is 4.89. The molecular formula is C18H17BrN4O3S. The van der Waals surface area contributed by atoms with Crippen molar-refractivity contribution in [1.82, 2.24) is 19.4 Å². The van der Waals surface area contributed by atoms with Gasteiger partial charge in [0.05, 0.1) is 10.8 Å². The lowest BCUT2D eigenvalue weighted by atomic mass is 10.00. The number of rotatable bonds is 4. The van der Waals surface area contributed by atoms with Crippen LogP contribution in [-0.2, 0) is 10.0 Å². The van der Waals surface area contributed by atoms with Crippen LogP contribution in [0.15, 0.2) is 62.7 Å². The summed E-state index contributed by atoms with van der Waals surface area (Å²) in [6, 6.07) is 10.3. The van der Waals surface area contributed by atoms with Crippen LogP contribution in [0.25, 0.3) is 11.4 Å². The van der Waals surface area contributed by atoms with Crippen LogP contribution in [0.3, 0.4) is 0 Å². The van der Waals surface area contributed by atoms with E-state index >= 15 is 0 Å². The Bertz CT molecular complexity index is 1020. The van der Waals surface area contributed by atoms with Crippen LogP contribution in [-0.4, -0.2) is 40.9 Å². The van der Waals surface area contributed by atoms with Crippen molar-refractivity contribution in [3.05, 3.63) is 59.2 Å². The Morgan fingerprint density at radius 1 is 1.19 bits per heavy atom. The molecule has 3 aromatic rings. The third-order valence-electron chi connectivity index (χ3n) is 4.55. The van der Waals surface area contributed by atoms with Crippen LogP contribution in [0.4, 0.5) is 0 Å². The molecular weight excluding hydrogens is 432 g/mol. The fraction of sp³-hybridized carbons (Fsp3) is 0.278. The molecule has 0 radical (unpaired) electrons. The highest BCUT2D eigenvalue weighted by Crippen LogP contribution is 2.30. The first-order valence-corrected chi connectivity index (χ1v) is 10.8. The minimum atomic E-state index is -3.55. The summed E-state index contributed by atoms with van der Waals surface area (Å²) in [5.74, 6) is 0.803. The molecule has 1 fully saturated rings. The van der Waals surface area contributed by atoms with E-state index in [1.165, 1.54) is 4.31 Å². The summed E-state index contributed by atoms with van der Waals surface area (Å²) >= 11 is 3.33. The molecule has 0 aliphatic carbocycles. The first kappa shape index (κ1) is 18.3. The van der Waals surface area contributed by atoms with Crippen molar-refractivity contribution in [3.63, 3.8) is 0 Å². The fourth-order valence-electron chi connectivity index (χ4n) is 3.13. The number of sulfonamides is 1. The SMILES string of the molecule is O=S(=O)(c1ccc(Br)cc1)N1CCCC(c2nc(-c3cccnc3)no2)C1. The summed E-state index contributed by atoms with van der Waals surface area (Å²) in [5.41, 5.74) is 0.766. The smallest absolute Gasteiger partial charge is 0.243 e. The standard InChI is InChI=1S/C18H17BrN4O3S/c19-15-5-7-16(8-6-15)27(24,25)23-10-2-4-14(12-23)18-21-17(22-26-18)13-3-1-9-20-11-13/h1,3,5-9,11,14H,2,4,10,12H2. The van der Waals surface area contributed by atoms with E-state index in [2.05, 4.69) is 31.1 Å². The van der Waals surface area contributed by atoms with Gasteiger partial charge in [-0.15, -0.1) is 0 Å². The maximum Gasteiger partial charge on any atom is 0.243 e. The summed E-state index contributed by atoms with van der Waals surface area (Å²) in [4.78, 5) is 8.80. The topological polar surface area (TPSA) is 89.2 Å². The number of nitrogens with zero attached hydrogens (tertiary/aromatic N) is 4. The Balaban J connectivity index is 1.55. The molecule has 1 aliphatic rings. The van der Waals surface area contributed by atoms with Gasteiger partial charge in [0.2, 0.25) is 21.7 Å². The average molecular weight is 449 g/mol. The lowest BCUT2D eigenvalue weighted by molar-refractivity contribution is 0.265. The van der Waals surface area contributed by atoms with Crippen LogP contribution >= 0.6 is 15.9 Å². The summed E-state index contributed by atoms with van der Waals surface area (Å²) in [7, 11) is -3.55. The van der Waals surface area contributed by atoms with Crippen LogP contribution in [0.5, 0.6) is 0 Å². The predicted molar refractivity (Wildman–Crippen MR) is 102 cm³/mol. The highest BCUT2D eigenvalue weighted by Gasteiger charge is 2.33. The minimum Gasteiger partial charge on any atom is -0.339 e. The zero-order chi connectivity index (χ0) is 18.9. The lowest BCUT2D eigenvalue weighted by Gasteiger charge is -2.30. The van der Waals surface area contributed by atoms with Crippen molar-refractivity contribution in [1.29, 1.82) is 0 Å². The number of piperidine rings is 1. The molecule has 0 saturated carbocycles. The highest BCUT2D eigenvalue weighted by atomic mass is 79.9. The first-order valence-electron chi connectivity index (χ1n) is 8.54. The largest absolute Gasteiger partial charge is 0.339 e. The van der Waals surface area contributed by atoms with Crippen LogP contribution < -0.4 is 0 Å². The van der Waals surface area contributed by atoms with Crippen molar-refractivity contribution >= 4 is 26.0 Å². The van der Waals surface area contributed by atoms with Gasteiger partial charge in [-0.3, -0.25) is 4.98 Å². The minimum absolute atomic E-state index is 0.123. The molecule has 1 atom stereocenters. The summed E-state index contributed by atoms with van der Waals surface area (Å²) < 4.78 is 33.6. The second kappa shape index (κ2) is 7.49. The van der Waals surface area contributed by atoms with Crippen LogP contribution in [0.2, 0.25) is 0 Å². The number of hydrogen-bond donors (Lipinski definition) is 0. The molecule has 27 heavy (non-hydrogen) atoms. The van der Waals surface area contributed by atoms with Gasteiger partial charge in [0, 0.05) is 35.5 Å². The van der Waals surface area contributed by atoms with E-state index < -0.39 is 10.0 Å². The molecule has 4 rings (SSSR count). The molecule has 1 aromatic carbocycles. The van der Waals surface area contributed by atoms with E-state index in [1.54, 1.807) is 42.7 Å². The fourth-order valence-corrected chi connectivity index (χ4v) is 4.92. The number of pyridine rings is 1. The van der Waals surface area contributed by atoms with Crippen molar-refractivity contribution in [2.24, 2.45) is 0 Å². The van der Waals surface area contributed by atoms with E-state index in [4.69, 9.17) is 4.52 Å². The van der Waals surface area contributed by atoms with Crippen molar-refractivity contribution < 1.29 is 12.9 Å². The van der Waals surface area contributed by atoms with E-state index in [-0.39, 0.29) is 10.8 Å². The summed E-state index contributed by atoms with van der Waals surface area (Å²) in [5, 5.41) is 4.02. The zero-order valence-electron chi connectivity index (χ0n) is 14.3. The third-order valence-corrected chi connectivity index (χ3v) is 6.95. The third kappa shape index (κ3) is 3.80. The lowest BCUT2D eigenvalue weighted by Crippen LogP contribution is -2.39. The Morgan fingerprint density at radius 3 is 2.74 bits per heavy atom. The van der Waals surface area contributed by atoms with Crippen molar-refractivity contribution in [2.75, 3.05) is 13.1 Å². The van der Waals surface area contributed by atoms with Gasteiger partial charge >= 0.3 is 0 Å². The highest BCUT2D eigenvalue weighted by molar-refractivity contribution is 9.10. The molecule has 0 amide bonds. The number of benzene rings is 1. The quantitative estimate of drug-likeness (QED) is 0.606. The second-order valence-electron chi connectivity index (χ2n) is 6.35. The molecule has 1 saturated heterocycles. The predicted octanol–water partition coefficient (Wildman–Crippen LogP) is 3.46. The molecule has 0 spiro atoms. The van der Waals surface area contributed by atoms with Gasteiger partial charge in [0.25, 0.3) is 0 Å². The second-order valence-corrected chi connectivity index (χ2v) is 9.21. The van der Waals surface area contributed by atoms with E-state index in [0.717, 1.165) is 22.9 Å². The Morgan fingerprint density at radius 2 is 2.00 bits per heavy atom. The van der Waals surface area contributed by atoms with Crippen molar-refractivity contribution in [3.8, 4) is 11.4 Å². The molecule has 3 heterocycles. The van der Waals surface area contributed by atoms with Crippen molar-refractivity contribution in [2.45, 2.75) is 23.7 Å². The number of halogens is 1. The normalized spacial score (nSPS) is 18.5. The molecule has 9 heteroatoms. The molecule has 1 aliphatic heterocycles. The van der Waals surface area contributed by atoms with Gasteiger partial charge in [-0.05, 0) is 49.2 Å². The Labute approximate surface area is 165 Å². The summed E-state index contributed by atoms with van der Waals surface area (Å²) in [6.45, 7) is 0.811. The number of aromatic nitrogens is 3. The zero-order valence-corrected chi connectivity index (χ0v) is 16.7. The molecule has 1 unspecified atom stereocenters. The van der Waals surface area contributed by atoms with E-state index in [9.17, 15) is 8.42 Å². The number of hydrogen-bond acceptors (Lipinski definition) is 6. The van der Waals surface area contributed by atoms with E-state index in [1.807, 2.05) is 6.07 Å². The molecule has 2 aromatic heterocycles. The van der Waals surface area contributed by atoms with Crippen LogP contribution in [0, 0.1) is 0 Å². The molecule has 140 valence electrons. The van der Waals surface area contributed by atoms with E-state index in [0.29, 0.717) is 24.8 Å². The first-order chi connectivity index (χ1) is 13.0. The Hall–Kier alpha value is -2.10. The molecule has 0 N–H and O–H groups in total. The van der Waals surface area contributed by atoms with Gasteiger partial charge in [0.15, 0.2) is 0 Å². The maximum atomic E-state index is 12.9.